The van der Waals surface area contributed by atoms with E-state index in [1.54, 1.807) is 0 Å². The van der Waals surface area contributed by atoms with Crippen LogP contribution in [0.2, 0.25) is 0 Å². The highest BCUT2D eigenvalue weighted by Gasteiger charge is 2.47. The number of nitrogens with two attached hydrogens (primary N) is 1. The van der Waals surface area contributed by atoms with Crippen molar-refractivity contribution in [3.05, 3.63) is 0 Å². The van der Waals surface area contributed by atoms with Crippen molar-refractivity contribution in [3.8, 4) is 0 Å². The van der Waals surface area contributed by atoms with Crippen LogP contribution in [0.3, 0.4) is 0 Å². The summed E-state index contributed by atoms with van der Waals surface area (Å²) in [5.41, 5.74) is 6.26. The molecule has 4 heteroatoms. The van der Waals surface area contributed by atoms with Gasteiger partial charge in [-0.3, -0.25) is 0 Å². The van der Waals surface area contributed by atoms with E-state index in [0.717, 1.165) is 19.0 Å². The molecule has 2 bridgehead atoms. The molecule has 3 saturated heterocycles. The molecule has 4 nitrogen and oxygen atoms in total. The molecule has 0 aromatic carbocycles. The molecule has 0 aromatic heterocycles. The highest BCUT2D eigenvalue weighted by Crippen LogP contribution is 2.37. The Balaban J connectivity index is 1.72. The number of piperidine rings is 3. The van der Waals surface area contributed by atoms with Gasteiger partial charge in [0.1, 0.15) is 0 Å². The summed E-state index contributed by atoms with van der Waals surface area (Å²) in [6.07, 6.45) is 6.21. The Morgan fingerprint density at radius 1 is 1.22 bits per heavy atom. The normalized spacial score (nSPS) is 47.7. The van der Waals surface area contributed by atoms with E-state index >= 15 is 0 Å². The fraction of sp³-hybridized carbons (Fsp3) is 1.00. The molecular formula is C14H27N3O. The highest BCUT2D eigenvalue weighted by molar-refractivity contribution is 5.07. The Morgan fingerprint density at radius 3 is 2.56 bits per heavy atom. The second kappa shape index (κ2) is 5.08. The molecular weight excluding hydrogens is 226 g/mol. The first-order valence-electron chi connectivity index (χ1n) is 7.58. The van der Waals surface area contributed by atoms with Crippen LogP contribution < -0.4 is 11.1 Å². The van der Waals surface area contributed by atoms with Gasteiger partial charge in [-0.15, -0.1) is 0 Å². The summed E-state index contributed by atoms with van der Waals surface area (Å²) in [6, 6.07) is 0.485. The van der Waals surface area contributed by atoms with E-state index in [-0.39, 0.29) is 5.54 Å². The molecule has 3 atom stereocenters. The van der Waals surface area contributed by atoms with Crippen LogP contribution >= 0.6 is 0 Å². The monoisotopic (exact) mass is 253 g/mol. The fourth-order valence-electron chi connectivity index (χ4n) is 4.44. The van der Waals surface area contributed by atoms with Crippen LogP contribution in [-0.4, -0.2) is 54.4 Å². The van der Waals surface area contributed by atoms with E-state index in [0.29, 0.717) is 18.6 Å². The zero-order chi connectivity index (χ0) is 12.6. The van der Waals surface area contributed by atoms with Crippen molar-refractivity contribution < 1.29 is 5.11 Å². The molecule has 4 fully saturated rings. The minimum atomic E-state index is 0.124. The van der Waals surface area contributed by atoms with Gasteiger partial charge in [-0.1, -0.05) is 6.42 Å². The molecule has 3 heterocycles. The predicted molar refractivity (Wildman–Crippen MR) is 72.3 cm³/mol. The van der Waals surface area contributed by atoms with Gasteiger partial charge in [0.05, 0.1) is 0 Å². The van der Waals surface area contributed by atoms with E-state index in [9.17, 15) is 5.11 Å². The fourth-order valence-corrected chi connectivity index (χ4v) is 4.44. The van der Waals surface area contributed by atoms with Gasteiger partial charge < -0.3 is 21.1 Å². The number of nitrogens with zero attached hydrogens (tertiary/aromatic N) is 1. The summed E-state index contributed by atoms with van der Waals surface area (Å²) in [6.45, 7) is 4.68. The first kappa shape index (κ1) is 12.9. The summed E-state index contributed by atoms with van der Waals surface area (Å²) >= 11 is 0. The number of aliphatic hydroxyl groups excluding tert-OH is 1. The van der Waals surface area contributed by atoms with Gasteiger partial charge in [0.15, 0.2) is 0 Å². The van der Waals surface area contributed by atoms with Crippen molar-refractivity contribution in [1.29, 1.82) is 0 Å². The van der Waals surface area contributed by atoms with Crippen LogP contribution in [0.4, 0.5) is 0 Å². The molecule has 4 aliphatic rings. The summed E-state index contributed by atoms with van der Waals surface area (Å²) < 4.78 is 0. The van der Waals surface area contributed by atoms with Crippen molar-refractivity contribution in [3.63, 3.8) is 0 Å². The Morgan fingerprint density at radius 2 is 2.00 bits per heavy atom. The maximum absolute atomic E-state index is 9.47. The second-order valence-corrected chi connectivity index (χ2v) is 6.54. The highest BCUT2D eigenvalue weighted by atomic mass is 16.3. The molecule has 4 N–H and O–H groups in total. The van der Waals surface area contributed by atoms with Crippen LogP contribution in [0.15, 0.2) is 0 Å². The summed E-state index contributed by atoms with van der Waals surface area (Å²) in [5, 5.41) is 13.4. The summed E-state index contributed by atoms with van der Waals surface area (Å²) in [5.74, 6) is 1.19. The Labute approximate surface area is 110 Å². The topological polar surface area (TPSA) is 61.5 Å². The van der Waals surface area contributed by atoms with E-state index in [1.807, 2.05) is 0 Å². The Bertz CT molecular complexity index is 291. The smallest absolute Gasteiger partial charge is 0.0474 e. The van der Waals surface area contributed by atoms with Gasteiger partial charge in [-0.05, 0) is 50.6 Å². The second-order valence-electron chi connectivity index (χ2n) is 6.54. The minimum Gasteiger partial charge on any atom is -0.396 e. The number of rotatable bonds is 4. The van der Waals surface area contributed by atoms with Crippen LogP contribution in [0.5, 0.6) is 0 Å². The largest absolute Gasteiger partial charge is 0.396 e. The zero-order valence-electron chi connectivity index (χ0n) is 11.3. The van der Waals surface area contributed by atoms with E-state index < -0.39 is 0 Å². The number of hydrogen-bond acceptors (Lipinski definition) is 4. The van der Waals surface area contributed by atoms with Crippen LogP contribution in [0.25, 0.3) is 0 Å². The predicted octanol–water partition coefficient (Wildman–Crippen LogP) is 0.160. The summed E-state index contributed by atoms with van der Waals surface area (Å²) in [7, 11) is 0. The van der Waals surface area contributed by atoms with Gasteiger partial charge in [0.25, 0.3) is 0 Å². The number of aliphatic hydroxyl groups is 1. The molecule has 0 spiro atoms. The van der Waals surface area contributed by atoms with Crippen LogP contribution in [0, 0.1) is 11.8 Å². The number of hydrogen-bond donors (Lipinski definition) is 3. The van der Waals surface area contributed by atoms with Crippen molar-refractivity contribution in [2.45, 2.75) is 43.7 Å². The third-order valence-electron chi connectivity index (χ3n) is 5.61. The summed E-state index contributed by atoms with van der Waals surface area (Å²) in [4.78, 5) is 2.56. The molecule has 4 rings (SSSR count). The average Bonchev–Trinajstić information content (AvgIpc) is 2.87. The van der Waals surface area contributed by atoms with Crippen LogP contribution in [0.1, 0.15) is 32.1 Å². The molecule has 3 unspecified atom stereocenters. The van der Waals surface area contributed by atoms with Gasteiger partial charge in [0.2, 0.25) is 0 Å². The molecule has 0 amide bonds. The van der Waals surface area contributed by atoms with Crippen LogP contribution in [-0.2, 0) is 0 Å². The van der Waals surface area contributed by atoms with Crippen molar-refractivity contribution in [1.82, 2.24) is 10.2 Å². The quantitative estimate of drug-likeness (QED) is 0.668. The number of nitrogens with one attached hydrogen (secondary N) is 1. The maximum Gasteiger partial charge on any atom is 0.0474 e. The zero-order valence-corrected chi connectivity index (χ0v) is 11.3. The molecule has 104 valence electrons. The molecule has 3 aliphatic heterocycles. The Kier molecular flexibility index (Phi) is 3.63. The van der Waals surface area contributed by atoms with Crippen molar-refractivity contribution in [2.75, 3.05) is 32.8 Å². The van der Waals surface area contributed by atoms with Gasteiger partial charge >= 0.3 is 0 Å². The van der Waals surface area contributed by atoms with Gasteiger partial charge in [0, 0.05) is 31.3 Å². The Hall–Kier alpha value is -0.160. The minimum absolute atomic E-state index is 0.124. The molecule has 1 aliphatic carbocycles. The lowest BCUT2D eigenvalue weighted by atomic mass is 9.72. The van der Waals surface area contributed by atoms with E-state index in [4.69, 9.17) is 5.73 Å². The molecule has 0 aromatic rings. The lowest BCUT2D eigenvalue weighted by Crippen LogP contribution is -2.71. The van der Waals surface area contributed by atoms with Crippen molar-refractivity contribution >= 4 is 0 Å². The number of fused-ring (bicyclic) bond motifs is 3. The maximum atomic E-state index is 9.47. The standard InChI is InChI=1S/C14H27N3O/c15-9-14(10-17-6-4-12(14)5-7-17)16-13-3-1-2-11(13)8-18/h11-13,16,18H,1-10,15H2. The third-order valence-corrected chi connectivity index (χ3v) is 5.61. The van der Waals surface area contributed by atoms with E-state index in [2.05, 4.69) is 10.2 Å². The van der Waals surface area contributed by atoms with Gasteiger partial charge in [-0.2, -0.15) is 0 Å². The third kappa shape index (κ3) is 2.09. The molecule has 18 heavy (non-hydrogen) atoms. The molecule has 0 radical (unpaired) electrons. The first-order chi connectivity index (χ1) is 8.77. The average molecular weight is 253 g/mol. The lowest BCUT2D eigenvalue weighted by molar-refractivity contribution is -0.000507. The molecule has 1 saturated carbocycles. The first-order valence-corrected chi connectivity index (χ1v) is 7.58. The lowest BCUT2D eigenvalue weighted by Gasteiger charge is -2.54. The van der Waals surface area contributed by atoms with Gasteiger partial charge in [-0.25, -0.2) is 0 Å². The van der Waals surface area contributed by atoms with Crippen molar-refractivity contribution in [2.24, 2.45) is 17.6 Å². The van der Waals surface area contributed by atoms with E-state index in [1.165, 1.54) is 45.2 Å². The SMILES string of the molecule is NCC1(NC2CCCC2CO)CN2CCC1CC2.